The normalized spacial score (nSPS) is 18.7. The van der Waals surface area contributed by atoms with Crippen LogP contribution in [0.25, 0.3) is 0 Å². The van der Waals surface area contributed by atoms with Crippen molar-refractivity contribution in [1.29, 1.82) is 0 Å². The van der Waals surface area contributed by atoms with E-state index in [4.69, 9.17) is 5.73 Å². The van der Waals surface area contributed by atoms with Crippen molar-refractivity contribution >= 4 is 27.3 Å². The third-order valence-electron chi connectivity index (χ3n) is 3.65. The van der Waals surface area contributed by atoms with Gasteiger partial charge in [-0.15, -0.1) is 11.3 Å². The minimum absolute atomic E-state index is 0.722. The summed E-state index contributed by atoms with van der Waals surface area (Å²) in [6.07, 6.45) is 2.53. The van der Waals surface area contributed by atoms with Crippen molar-refractivity contribution in [3.63, 3.8) is 0 Å². The first-order valence-electron chi connectivity index (χ1n) is 6.54. The number of thiophene rings is 1. The lowest BCUT2D eigenvalue weighted by Crippen LogP contribution is -2.44. The molecule has 0 aromatic carbocycles. The van der Waals surface area contributed by atoms with Crippen LogP contribution in [0.4, 0.5) is 0 Å². The first-order chi connectivity index (χ1) is 8.69. The highest BCUT2D eigenvalue weighted by Gasteiger charge is 2.22. The maximum atomic E-state index is 5.60. The topological polar surface area (TPSA) is 32.5 Å². The quantitative estimate of drug-likeness (QED) is 0.899. The van der Waals surface area contributed by atoms with Gasteiger partial charge in [-0.05, 0) is 55.0 Å². The molecular weight excluding hydrogens is 310 g/mol. The van der Waals surface area contributed by atoms with E-state index in [2.05, 4.69) is 44.2 Å². The SMILES string of the molecule is CN(Cc1cc(Br)cs1)C1CCN(CCN)CC1. The Kier molecular flexibility index (Phi) is 5.63. The smallest absolute Gasteiger partial charge is 0.0328 e. The molecule has 2 N–H and O–H groups in total. The highest BCUT2D eigenvalue weighted by Crippen LogP contribution is 2.23. The summed E-state index contributed by atoms with van der Waals surface area (Å²) in [6, 6.07) is 2.95. The van der Waals surface area contributed by atoms with Crippen molar-refractivity contribution < 1.29 is 0 Å². The Hall–Kier alpha value is 0.0600. The first kappa shape index (κ1) is 14.5. The summed E-state index contributed by atoms with van der Waals surface area (Å²) >= 11 is 5.35. The fourth-order valence-electron chi connectivity index (χ4n) is 2.58. The Morgan fingerprint density at radius 2 is 2.22 bits per heavy atom. The fraction of sp³-hybridized carbons (Fsp3) is 0.692. The average molecular weight is 332 g/mol. The molecule has 1 aliphatic rings. The van der Waals surface area contributed by atoms with Crippen molar-refractivity contribution in [3.8, 4) is 0 Å². The minimum atomic E-state index is 0.722. The minimum Gasteiger partial charge on any atom is -0.329 e. The third-order valence-corrected chi connectivity index (χ3v) is 5.34. The van der Waals surface area contributed by atoms with Crippen molar-refractivity contribution in [1.82, 2.24) is 9.80 Å². The van der Waals surface area contributed by atoms with E-state index in [0.717, 1.165) is 25.7 Å². The van der Waals surface area contributed by atoms with Gasteiger partial charge in [0.25, 0.3) is 0 Å². The lowest BCUT2D eigenvalue weighted by molar-refractivity contribution is 0.126. The van der Waals surface area contributed by atoms with E-state index in [1.165, 1.54) is 35.3 Å². The molecular formula is C13H22BrN3S. The van der Waals surface area contributed by atoms with Gasteiger partial charge in [0.2, 0.25) is 0 Å². The van der Waals surface area contributed by atoms with Crippen LogP contribution in [0.3, 0.4) is 0 Å². The van der Waals surface area contributed by atoms with Crippen molar-refractivity contribution in [2.75, 3.05) is 33.2 Å². The molecule has 3 nitrogen and oxygen atoms in total. The first-order valence-corrected chi connectivity index (χ1v) is 8.22. The summed E-state index contributed by atoms with van der Waals surface area (Å²) in [5.74, 6) is 0. The van der Waals surface area contributed by atoms with Crippen LogP contribution in [-0.4, -0.2) is 49.1 Å². The maximum absolute atomic E-state index is 5.60. The molecule has 18 heavy (non-hydrogen) atoms. The number of likely N-dealkylation sites (tertiary alicyclic amines) is 1. The highest BCUT2D eigenvalue weighted by atomic mass is 79.9. The Bertz CT molecular complexity index is 361. The Morgan fingerprint density at radius 1 is 1.50 bits per heavy atom. The molecule has 1 aromatic rings. The van der Waals surface area contributed by atoms with E-state index in [-0.39, 0.29) is 0 Å². The molecule has 0 radical (unpaired) electrons. The zero-order chi connectivity index (χ0) is 13.0. The standard InChI is InChI=1S/C13H22BrN3S/c1-16(9-13-8-11(14)10-18-13)12-2-5-17(6-3-12)7-4-15/h8,10,12H,2-7,9,15H2,1H3. The van der Waals surface area contributed by atoms with Gasteiger partial charge in [0, 0.05) is 40.4 Å². The molecule has 1 fully saturated rings. The second-order valence-corrected chi connectivity index (χ2v) is 6.92. The number of hydrogen-bond acceptors (Lipinski definition) is 4. The molecule has 2 heterocycles. The van der Waals surface area contributed by atoms with E-state index >= 15 is 0 Å². The molecule has 0 unspecified atom stereocenters. The summed E-state index contributed by atoms with van der Waals surface area (Å²) in [5.41, 5.74) is 5.60. The van der Waals surface area contributed by atoms with Crippen LogP contribution < -0.4 is 5.73 Å². The van der Waals surface area contributed by atoms with Crippen LogP contribution in [0.2, 0.25) is 0 Å². The van der Waals surface area contributed by atoms with E-state index < -0.39 is 0 Å². The van der Waals surface area contributed by atoms with Gasteiger partial charge in [-0.2, -0.15) is 0 Å². The van der Waals surface area contributed by atoms with Crippen molar-refractivity contribution in [2.24, 2.45) is 5.73 Å². The van der Waals surface area contributed by atoms with Gasteiger partial charge in [0.1, 0.15) is 0 Å². The van der Waals surface area contributed by atoms with Gasteiger partial charge in [-0.3, -0.25) is 4.90 Å². The maximum Gasteiger partial charge on any atom is 0.0328 e. The number of nitrogens with two attached hydrogens (primary N) is 1. The van der Waals surface area contributed by atoms with E-state index in [0.29, 0.717) is 0 Å². The number of hydrogen-bond donors (Lipinski definition) is 1. The van der Waals surface area contributed by atoms with Gasteiger partial charge >= 0.3 is 0 Å². The van der Waals surface area contributed by atoms with Crippen LogP contribution >= 0.6 is 27.3 Å². The van der Waals surface area contributed by atoms with Gasteiger partial charge < -0.3 is 10.6 Å². The fourth-order valence-corrected chi connectivity index (χ4v) is 4.09. The molecule has 0 amide bonds. The lowest BCUT2D eigenvalue weighted by atomic mass is 10.0. The van der Waals surface area contributed by atoms with E-state index in [9.17, 15) is 0 Å². The van der Waals surface area contributed by atoms with Crippen molar-refractivity contribution in [3.05, 3.63) is 20.8 Å². The number of piperidine rings is 1. The molecule has 2 rings (SSSR count). The summed E-state index contributed by atoms with van der Waals surface area (Å²) in [5, 5.41) is 2.16. The monoisotopic (exact) mass is 331 g/mol. The Labute approximate surface area is 122 Å². The van der Waals surface area contributed by atoms with Gasteiger partial charge in [-0.1, -0.05) is 0 Å². The lowest BCUT2D eigenvalue weighted by Gasteiger charge is -2.36. The summed E-state index contributed by atoms with van der Waals surface area (Å²) in [4.78, 5) is 6.41. The van der Waals surface area contributed by atoms with Crippen LogP contribution in [0.15, 0.2) is 15.9 Å². The summed E-state index contributed by atoms with van der Waals surface area (Å²) < 4.78 is 1.20. The molecule has 102 valence electrons. The molecule has 0 spiro atoms. The molecule has 0 atom stereocenters. The summed E-state index contributed by atoms with van der Waals surface area (Å²) in [6.45, 7) is 5.29. The van der Waals surface area contributed by atoms with E-state index in [1.807, 2.05) is 11.3 Å². The Balaban J connectivity index is 1.78. The highest BCUT2D eigenvalue weighted by molar-refractivity contribution is 9.10. The molecule has 5 heteroatoms. The van der Waals surface area contributed by atoms with Crippen LogP contribution in [0, 0.1) is 0 Å². The predicted molar refractivity (Wildman–Crippen MR) is 82.0 cm³/mol. The van der Waals surface area contributed by atoms with Crippen LogP contribution in [0.5, 0.6) is 0 Å². The Morgan fingerprint density at radius 3 is 2.78 bits per heavy atom. The van der Waals surface area contributed by atoms with Gasteiger partial charge in [0.05, 0.1) is 0 Å². The van der Waals surface area contributed by atoms with Gasteiger partial charge in [-0.25, -0.2) is 0 Å². The third kappa shape index (κ3) is 4.03. The zero-order valence-electron chi connectivity index (χ0n) is 10.9. The van der Waals surface area contributed by atoms with Crippen molar-refractivity contribution in [2.45, 2.75) is 25.4 Å². The largest absolute Gasteiger partial charge is 0.329 e. The van der Waals surface area contributed by atoms with Gasteiger partial charge in [0.15, 0.2) is 0 Å². The molecule has 1 aromatic heterocycles. The molecule has 1 aliphatic heterocycles. The molecule has 0 bridgehead atoms. The number of halogens is 1. The van der Waals surface area contributed by atoms with Crippen LogP contribution in [0.1, 0.15) is 17.7 Å². The summed E-state index contributed by atoms with van der Waals surface area (Å²) in [7, 11) is 2.25. The zero-order valence-corrected chi connectivity index (χ0v) is 13.3. The number of nitrogens with zero attached hydrogens (tertiary/aromatic N) is 2. The molecule has 0 aliphatic carbocycles. The number of rotatable bonds is 5. The molecule has 1 saturated heterocycles. The second-order valence-electron chi connectivity index (χ2n) is 5.01. The molecule has 0 saturated carbocycles. The van der Waals surface area contributed by atoms with Crippen LogP contribution in [-0.2, 0) is 6.54 Å². The average Bonchev–Trinajstić information content (AvgIpc) is 2.76. The second kappa shape index (κ2) is 7.01. The predicted octanol–water partition coefficient (Wildman–Crippen LogP) is 2.37. The van der Waals surface area contributed by atoms with E-state index in [1.54, 1.807) is 0 Å².